The van der Waals surface area contributed by atoms with Gasteiger partial charge in [0.15, 0.2) is 9.84 Å². The fourth-order valence-electron chi connectivity index (χ4n) is 4.39. The smallest absolute Gasteiger partial charge is 0.232 e. The van der Waals surface area contributed by atoms with Gasteiger partial charge < -0.3 is 16.0 Å². The molecule has 0 bridgehead atoms. The number of hydrogen-bond donors (Lipinski definition) is 2. The minimum Gasteiger partial charge on any atom is -0.368 e. The Morgan fingerprint density at radius 1 is 1.24 bits per heavy atom. The van der Waals surface area contributed by atoms with Crippen LogP contribution in [0.4, 0.5) is 17.6 Å². The van der Waals surface area contributed by atoms with E-state index in [-0.39, 0.29) is 28.9 Å². The molecule has 0 amide bonds. The highest BCUT2D eigenvalue weighted by Gasteiger charge is 2.52. The van der Waals surface area contributed by atoms with Gasteiger partial charge in [-0.15, -0.1) is 0 Å². The predicted molar refractivity (Wildman–Crippen MR) is 113 cm³/mol. The third-order valence-corrected chi connectivity index (χ3v) is 7.97. The largest absolute Gasteiger partial charge is 0.368 e. The number of nitrogens with zero attached hydrogens (tertiary/aromatic N) is 5. The Kier molecular flexibility index (Phi) is 5.18. The molecule has 4 rings (SSSR count). The summed E-state index contributed by atoms with van der Waals surface area (Å²) in [7, 11) is 0.813. The summed E-state index contributed by atoms with van der Waals surface area (Å²) in [6.45, 7) is 3.66. The van der Waals surface area contributed by atoms with Crippen molar-refractivity contribution in [3.8, 4) is 0 Å². The van der Waals surface area contributed by atoms with Crippen molar-refractivity contribution in [3.63, 3.8) is 0 Å². The van der Waals surface area contributed by atoms with Crippen molar-refractivity contribution in [2.75, 3.05) is 44.0 Å². The first kappa shape index (κ1) is 20.0. The van der Waals surface area contributed by atoms with Crippen molar-refractivity contribution in [1.82, 2.24) is 24.8 Å². The molecule has 0 unspecified atom stereocenters. The van der Waals surface area contributed by atoms with E-state index in [0.29, 0.717) is 31.4 Å². The van der Waals surface area contributed by atoms with E-state index in [1.165, 1.54) is 0 Å². The summed E-state index contributed by atoms with van der Waals surface area (Å²) >= 11 is 0. The van der Waals surface area contributed by atoms with Gasteiger partial charge in [0.1, 0.15) is 5.82 Å². The summed E-state index contributed by atoms with van der Waals surface area (Å²) in [5, 5.41) is 2.84. The normalized spacial score (nSPS) is 26.0. The lowest BCUT2D eigenvalue weighted by Gasteiger charge is -2.24. The van der Waals surface area contributed by atoms with Crippen LogP contribution in [0.15, 0.2) is 24.3 Å². The highest BCUT2D eigenvalue weighted by molar-refractivity contribution is 7.92. The van der Waals surface area contributed by atoms with Crippen LogP contribution in [0.2, 0.25) is 0 Å². The lowest BCUT2D eigenvalue weighted by molar-refractivity contribution is 0.228. The van der Waals surface area contributed by atoms with Crippen LogP contribution in [0.25, 0.3) is 0 Å². The molecule has 3 atom stereocenters. The number of sulfone groups is 1. The topological polar surface area (TPSA) is 117 Å². The van der Waals surface area contributed by atoms with E-state index in [4.69, 9.17) is 5.73 Å². The molecular formula is C19H27N7O2S. The van der Waals surface area contributed by atoms with E-state index in [9.17, 15) is 8.42 Å². The molecule has 0 aliphatic carbocycles. The number of nitrogens with two attached hydrogens (primary N) is 1. The zero-order valence-corrected chi connectivity index (χ0v) is 17.7. The van der Waals surface area contributed by atoms with E-state index < -0.39 is 9.84 Å². The van der Waals surface area contributed by atoms with Gasteiger partial charge in [0.25, 0.3) is 0 Å². The van der Waals surface area contributed by atoms with Gasteiger partial charge in [-0.05, 0) is 38.7 Å². The molecule has 3 N–H and O–H groups in total. The van der Waals surface area contributed by atoms with Gasteiger partial charge in [0.05, 0.1) is 17.5 Å². The maximum Gasteiger partial charge on any atom is 0.232 e. The lowest BCUT2D eigenvalue weighted by atomic mass is 10.00. The van der Waals surface area contributed by atoms with Gasteiger partial charge in [0.2, 0.25) is 11.9 Å². The van der Waals surface area contributed by atoms with Crippen molar-refractivity contribution in [2.45, 2.75) is 24.8 Å². The van der Waals surface area contributed by atoms with Crippen molar-refractivity contribution >= 4 is 27.4 Å². The molecule has 156 valence electrons. The van der Waals surface area contributed by atoms with Crippen LogP contribution in [-0.2, 0) is 16.4 Å². The number of nitrogen functional groups attached to an aromatic ring is 1. The number of aromatic nitrogens is 3. The monoisotopic (exact) mass is 417 g/mol. The molecule has 0 spiro atoms. The standard InChI is InChI=1S/C19H27N7O2S/c1-12-5-4-6-13(7-12)21-19-23-17(22-18(20)24-19)10-26-8-14-15(25(2)3)11-29(27,28)16(14)9-26/h4-7,14-16H,8-11H2,1-3H3,(H3,20,21,22,23,24)/t14-,15+,16-/m0/s1. The summed E-state index contributed by atoms with van der Waals surface area (Å²) in [6.07, 6.45) is 0. The fourth-order valence-corrected chi connectivity index (χ4v) is 6.90. The van der Waals surface area contributed by atoms with E-state index in [1.807, 2.05) is 50.2 Å². The molecule has 2 aliphatic rings. The van der Waals surface area contributed by atoms with E-state index in [0.717, 1.165) is 11.3 Å². The van der Waals surface area contributed by atoms with Crippen LogP contribution < -0.4 is 11.1 Å². The lowest BCUT2D eigenvalue weighted by Crippen LogP contribution is -2.37. The third-order valence-electron chi connectivity index (χ3n) is 5.74. The molecule has 1 aromatic heterocycles. The first-order chi connectivity index (χ1) is 13.7. The number of hydrogen-bond acceptors (Lipinski definition) is 9. The molecule has 0 saturated carbocycles. The van der Waals surface area contributed by atoms with Crippen molar-refractivity contribution in [2.24, 2.45) is 5.92 Å². The Balaban J connectivity index is 1.50. The number of anilines is 3. The minimum atomic E-state index is -3.08. The quantitative estimate of drug-likeness (QED) is 0.723. The zero-order valence-electron chi connectivity index (χ0n) is 16.9. The molecule has 9 nitrogen and oxygen atoms in total. The number of aryl methyl sites for hydroxylation is 1. The Labute approximate surface area is 171 Å². The van der Waals surface area contributed by atoms with Crippen LogP contribution in [0, 0.1) is 12.8 Å². The van der Waals surface area contributed by atoms with Crippen molar-refractivity contribution in [3.05, 3.63) is 35.7 Å². The second kappa shape index (κ2) is 7.51. The minimum absolute atomic E-state index is 0.0528. The zero-order chi connectivity index (χ0) is 20.8. The van der Waals surface area contributed by atoms with Gasteiger partial charge >= 0.3 is 0 Å². The molecule has 29 heavy (non-hydrogen) atoms. The first-order valence-electron chi connectivity index (χ1n) is 9.66. The van der Waals surface area contributed by atoms with E-state index in [2.05, 4.69) is 25.2 Å². The Bertz CT molecular complexity index is 1010. The van der Waals surface area contributed by atoms with Gasteiger partial charge in [0, 0.05) is 30.7 Å². The number of benzene rings is 1. The number of rotatable bonds is 5. The van der Waals surface area contributed by atoms with Gasteiger partial charge in [-0.25, -0.2) is 8.42 Å². The molecule has 2 saturated heterocycles. The van der Waals surface area contributed by atoms with Crippen LogP contribution >= 0.6 is 0 Å². The Morgan fingerprint density at radius 3 is 2.76 bits per heavy atom. The number of fused-ring (bicyclic) bond motifs is 1. The Hall–Kier alpha value is -2.30. The highest BCUT2D eigenvalue weighted by atomic mass is 32.2. The van der Waals surface area contributed by atoms with Gasteiger partial charge in [-0.1, -0.05) is 12.1 Å². The van der Waals surface area contributed by atoms with Gasteiger partial charge in [-0.2, -0.15) is 15.0 Å². The summed E-state index contributed by atoms with van der Waals surface area (Å²) in [4.78, 5) is 17.0. The number of likely N-dealkylation sites (tertiary alicyclic amines) is 1. The summed E-state index contributed by atoms with van der Waals surface area (Å²) < 4.78 is 25.1. The maximum atomic E-state index is 12.6. The fraction of sp³-hybridized carbons (Fsp3) is 0.526. The summed E-state index contributed by atoms with van der Waals surface area (Å²) in [5.74, 6) is 1.41. The van der Waals surface area contributed by atoms with E-state index in [1.54, 1.807) is 0 Å². The molecular weight excluding hydrogens is 390 g/mol. The van der Waals surface area contributed by atoms with Gasteiger partial charge in [-0.3, -0.25) is 4.90 Å². The molecule has 10 heteroatoms. The van der Waals surface area contributed by atoms with E-state index >= 15 is 0 Å². The average Bonchev–Trinajstić information content (AvgIpc) is 3.13. The maximum absolute atomic E-state index is 12.6. The first-order valence-corrected chi connectivity index (χ1v) is 11.4. The van der Waals surface area contributed by atoms with Crippen LogP contribution in [0.5, 0.6) is 0 Å². The van der Waals surface area contributed by atoms with Crippen molar-refractivity contribution < 1.29 is 8.42 Å². The van der Waals surface area contributed by atoms with Crippen molar-refractivity contribution in [1.29, 1.82) is 0 Å². The second-order valence-corrected chi connectivity index (χ2v) is 10.4. The SMILES string of the molecule is Cc1cccc(Nc2nc(N)nc(CN3C[C@H]4[C@H](N(C)C)CS(=O)(=O)[C@H]4C3)n2)c1. The second-order valence-electron chi connectivity index (χ2n) is 8.18. The third kappa shape index (κ3) is 4.19. The Morgan fingerprint density at radius 2 is 2.03 bits per heavy atom. The molecule has 3 heterocycles. The molecule has 2 aliphatic heterocycles. The highest BCUT2D eigenvalue weighted by Crippen LogP contribution is 2.36. The average molecular weight is 418 g/mol. The van der Waals surface area contributed by atoms with Crippen LogP contribution in [-0.4, -0.2) is 77.4 Å². The van der Waals surface area contributed by atoms with Crippen LogP contribution in [0.3, 0.4) is 0 Å². The van der Waals surface area contributed by atoms with Crippen LogP contribution in [0.1, 0.15) is 11.4 Å². The molecule has 1 aromatic carbocycles. The number of nitrogens with one attached hydrogen (secondary N) is 1. The molecule has 2 aromatic rings. The summed E-state index contributed by atoms with van der Waals surface area (Å²) in [5.41, 5.74) is 7.89. The summed E-state index contributed by atoms with van der Waals surface area (Å²) in [6, 6.07) is 7.94. The predicted octanol–water partition coefficient (Wildman–Crippen LogP) is 0.665. The molecule has 0 radical (unpaired) electrons. The molecule has 2 fully saturated rings.